The summed E-state index contributed by atoms with van der Waals surface area (Å²) in [5, 5.41) is 9.09. The van der Waals surface area contributed by atoms with Crippen molar-refractivity contribution < 1.29 is 23.5 Å². The van der Waals surface area contributed by atoms with Crippen LogP contribution in [0.1, 0.15) is 24.0 Å². The molecule has 0 bridgehead atoms. The first-order valence-electron chi connectivity index (χ1n) is 5.08. The Labute approximate surface area is 96.1 Å². The van der Waals surface area contributed by atoms with E-state index in [9.17, 15) is 18.4 Å². The molecule has 1 N–H and O–H groups in total. The molecule has 2 rings (SSSR count). The van der Waals surface area contributed by atoms with Crippen LogP contribution < -0.4 is 0 Å². The summed E-state index contributed by atoms with van der Waals surface area (Å²) in [6, 6.07) is 2.15. The Hall–Kier alpha value is -1.78. The predicted molar refractivity (Wildman–Crippen MR) is 54.6 cm³/mol. The van der Waals surface area contributed by atoms with E-state index >= 15 is 0 Å². The second kappa shape index (κ2) is 3.61. The average molecular weight is 240 g/mol. The highest BCUT2D eigenvalue weighted by atomic mass is 19.1. The summed E-state index contributed by atoms with van der Waals surface area (Å²) in [5.74, 6) is -3.47. The van der Waals surface area contributed by atoms with Gasteiger partial charge in [0.1, 0.15) is 22.8 Å². The maximum absolute atomic E-state index is 13.7. The van der Waals surface area contributed by atoms with Crippen molar-refractivity contribution in [2.45, 2.75) is 25.2 Å². The molecule has 90 valence electrons. The van der Waals surface area contributed by atoms with Gasteiger partial charge in [-0.15, -0.1) is 0 Å². The molecule has 0 atom stereocenters. The first-order chi connectivity index (χ1) is 7.86. The Balaban J connectivity index is 2.60. The molecule has 1 aliphatic rings. The third-order valence-corrected chi connectivity index (χ3v) is 3.07. The highest BCUT2D eigenvalue weighted by Gasteiger charge is 2.54. The normalized spacial score (nSPS) is 17.7. The molecule has 1 saturated carbocycles. The summed E-state index contributed by atoms with van der Waals surface area (Å²) < 4.78 is 27.4. The summed E-state index contributed by atoms with van der Waals surface area (Å²) in [6.07, 6.45) is -0.696. The maximum Gasteiger partial charge on any atom is 0.315 e. The maximum atomic E-state index is 13.7. The minimum Gasteiger partial charge on any atom is -0.481 e. The summed E-state index contributed by atoms with van der Waals surface area (Å²) in [5.41, 5.74) is -1.86. The van der Waals surface area contributed by atoms with Crippen LogP contribution in [0.15, 0.2) is 12.1 Å². The zero-order valence-corrected chi connectivity index (χ0v) is 9.09. The van der Waals surface area contributed by atoms with Crippen molar-refractivity contribution in [3.05, 3.63) is 34.9 Å². The molecule has 1 aromatic carbocycles. The van der Waals surface area contributed by atoms with Gasteiger partial charge >= 0.3 is 5.97 Å². The first kappa shape index (κ1) is 11.7. The fraction of sp³-hybridized carbons (Fsp3) is 0.333. The third-order valence-electron chi connectivity index (χ3n) is 3.07. The van der Waals surface area contributed by atoms with Crippen LogP contribution in [0, 0.1) is 18.6 Å². The number of carbonyl (C=O) groups excluding carboxylic acids is 1. The zero-order valence-electron chi connectivity index (χ0n) is 9.09. The SMILES string of the molecule is Cc1cc(F)c(C2(C(=O)O)CC(=O)C2)c(F)c1. The van der Waals surface area contributed by atoms with Crippen molar-refractivity contribution in [2.24, 2.45) is 0 Å². The van der Waals surface area contributed by atoms with E-state index in [1.807, 2.05) is 0 Å². The number of benzene rings is 1. The largest absolute Gasteiger partial charge is 0.481 e. The van der Waals surface area contributed by atoms with Crippen molar-refractivity contribution in [2.75, 3.05) is 0 Å². The van der Waals surface area contributed by atoms with Gasteiger partial charge in [0.2, 0.25) is 0 Å². The van der Waals surface area contributed by atoms with Crippen molar-refractivity contribution in [3.63, 3.8) is 0 Å². The van der Waals surface area contributed by atoms with Gasteiger partial charge in [-0.25, -0.2) is 8.78 Å². The Bertz CT molecular complexity index is 491. The molecule has 0 heterocycles. The standard InChI is InChI=1S/C12H10F2O3/c1-6-2-8(13)10(9(14)3-6)12(11(16)17)4-7(15)5-12/h2-3H,4-5H2,1H3,(H,16,17). The monoisotopic (exact) mass is 240 g/mol. The number of aliphatic carboxylic acids is 1. The predicted octanol–water partition coefficient (Wildman–Crippen LogP) is 1.96. The lowest BCUT2D eigenvalue weighted by Crippen LogP contribution is -2.49. The minimum atomic E-state index is -1.72. The van der Waals surface area contributed by atoms with Crippen molar-refractivity contribution in [1.29, 1.82) is 0 Å². The molecule has 0 saturated heterocycles. The molecule has 0 unspecified atom stereocenters. The van der Waals surface area contributed by atoms with Crippen LogP contribution in [-0.4, -0.2) is 16.9 Å². The van der Waals surface area contributed by atoms with E-state index in [-0.39, 0.29) is 18.6 Å². The van der Waals surface area contributed by atoms with E-state index in [1.165, 1.54) is 6.92 Å². The minimum absolute atomic E-state index is 0.299. The Morgan fingerprint density at radius 1 is 1.29 bits per heavy atom. The van der Waals surface area contributed by atoms with Gasteiger partial charge < -0.3 is 5.11 Å². The van der Waals surface area contributed by atoms with E-state index in [4.69, 9.17) is 5.11 Å². The van der Waals surface area contributed by atoms with Crippen molar-refractivity contribution >= 4 is 11.8 Å². The fourth-order valence-electron chi connectivity index (χ4n) is 2.21. The van der Waals surface area contributed by atoms with E-state index < -0.39 is 28.6 Å². The van der Waals surface area contributed by atoms with E-state index in [2.05, 4.69) is 0 Å². The lowest BCUT2D eigenvalue weighted by Gasteiger charge is -2.36. The Morgan fingerprint density at radius 2 is 1.76 bits per heavy atom. The van der Waals surface area contributed by atoms with E-state index in [0.29, 0.717) is 5.56 Å². The number of rotatable bonds is 2. The lowest BCUT2D eigenvalue weighted by atomic mass is 9.63. The quantitative estimate of drug-likeness (QED) is 0.859. The van der Waals surface area contributed by atoms with Crippen LogP contribution in [0.4, 0.5) is 8.78 Å². The second-order valence-corrected chi connectivity index (χ2v) is 4.38. The molecule has 5 heteroatoms. The summed E-state index contributed by atoms with van der Waals surface area (Å²) >= 11 is 0. The van der Waals surface area contributed by atoms with Gasteiger partial charge in [0.15, 0.2) is 0 Å². The van der Waals surface area contributed by atoms with Crippen LogP contribution in [0.5, 0.6) is 0 Å². The highest BCUT2D eigenvalue weighted by Crippen LogP contribution is 2.44. The van der Waals surface area contributed by atoms with E-state index in [0.717, 1.165) is 12.1 Å². The van der Waals surface area contributed by atoms with Crippen LogP contribution in [0.2, 0.25) is 0 Å². The van der Waals surface area contributed by atoms with Gasteiger partial charge in [0, 0.05) is 18.4 Å². The lowest BCUT2D eigenvalue weighted by molar-refractivity contribution is -0.153. The molecule has 1 fully saturated rings. The smallest absolute Gasteiger partial charge is 0.315 e. The number of ketones is 1. The van der Waals surface area contributed by atoms with Gasteiger partial charge in [0.05, 0.1) is 0 Å². The van der Waals surface area contributed by atoms with Crippen LogP contribution in [0.25, 0.3) is 0 Å². The summed E-state index contributed by atoms with van der Waals surface area (Å²) in [6.45, 7) is 1.51. The van der Waals surface area contributed by atoms with Crippen molar-refractivity contribution in [3.8, 4) is 0 Å². The second-order valence-electron chi connectivity index (χ2n) is 4.38. The molecular formula is C12H10F2O3. The molecule has 1 aromatic rings. The third kappa shape index (κ3) is 1.62. The van der Waals surface area contributed by atoms with E-state index in [1.54, 1.807) is 0 Å². The number of carboxylic acids is 1. The molecule has 0 aliphatic heterocycles. The number of hydrogen-bond donors (Lipinski definition) is 1. The van der Waals surface area contributed by atoms with Crippen LogP contribution in [-0.2, 0) is 15.0 Å². The van der Waals surface area contributed by atoms with Gasteiger partial charge in [-0.1, -0.05) is 0 Å². The first-order valence-corrected chi connectivity index (χ1v) is 5.08. The molecular weight excluding hydrogens is 230 g/mol. The molecule has 17 heavy (non-hydrogen) atoms. The number of carboxylic acid groups (broad SMARTS) is 1. The Kier molecular flexibility index (Phi) is 2.49. The number of Topliss-reactive ketones (excluding diaryl/α,β-unsaturated/α-hetero) is 1. The number of carbonyl (C=O) groups is 2. The molecule has 0 spiro atoms. The Morgan fingerprint density at radius 3 is 2.12 bits per heavy atom. The van der Waals surface area contributed by atoms with Gasteiger partial charge in [0.25, 0.3) is 0 Å². The average Bonchev–Trinajstić information content (AvgIpc) is 2.12. The summed E-state index contributed by atoms with van der Waals surface area (Å²) in [4.78, 5) is 22.1. The molecule has 0 aromatic heterocycles. The van der Waals surface area contributed by atoms with Crippen LogP contribution in [0.3, 0.4) is 0 Å². The fourth-order valence-corrected chi connectivity index (χ4v) is 2.21. The number of halogens is 2. The van der Waals surface area contributed by atoms with Gasteiger partial charge in [-0.05, 0) is 24.6 Å². The van der Waals surface area contributed by atoms with Gasteiger partial charge in [-0.2, -0.15) is 0 Å². The molecule has 0 radical (unpaired) electrons. The number of aryl methyl sites for hydroxylation is 1. The molecule has 0 amide bonds. The zero-order chi connectivity index (χ0) is 12.8. The molecule has 1 aliphatic carbocycles. The van der Waals surface area contributed by atoms with Gasteiger partial charge in [-0.3, -0.25) is 9.59 Å². The number of hydrogen-bond acceptors (Lipinski definition) is 2. The highest BCUT2D eigenvalue weighted by molar-refractivity contribution is 6.01. The van der Waals surface area contributed by atoms with Crippen LogP contribution >= 0.6 is 0 Å². The van der Waals surface area contributed by atoms with Crippen molar-refractivity contribution in [1.82, 2.24) is 0 Å². The molecule has 3 nitrogen and oxygen atoms in total. The topological polar surface area (TPSA) is 54.4 Å². The summed E-state index contributed by atoms with van der Waals surface area (Å²) in [7, 11) is 0.